The van der Waals surface area contributed by atoms with Gasteiger partial charge < -0.3 is 19.9 Å². The minimum atomic E-state index is -0.0336. The normalized spacial score (nSPS) is 19.2. The van der Waals surface area contributed by atoms with E-state index in [2.05, 4.69) is 9.97 Å². The number of rotatable bonds is 4. The lowest BCUT2D eigenvalue weighted by molar-refractivity contribution is -0.138. The SMILES string of the molecule is O=C1CCC2(CCN(C(=O)c3cccc(O)c3)CC2)CN1CCc1cnc[nH]1. The zero-order chi connectivity index (χ0) is 19.6. The van der Waals surface area contributed by atoms with E-state index in [1.807, 2.05) is 9.80 Å². The molecule has 7 nitrogen and oxygen atoms in total. The van der Waals surface area contributed by atoms with Gasteiger partial charge in [0.1, 0.15) is 5.75 Å². The average Bonchev–Trinajstić information content (AvgIpc) is 3.23. The Balaban J connectivity index is 1.36. The van der Waals surface area contributed by atoms with Crippen LogP contribution in [-0.2, 0) is 11.2 Å². The number of phenols is 1. The zero-order valence-electron chi connectivity index (χ0n) is 15.9. The third-order valence-corrected chi connectivity index (χ3v) is 6.16. The molecule has 0 unspecified atom stereocenters. The molecule has 28 heavy (non-hydrogen) atoms. The van der Waals surface area contributed by atoms with E-state index in [-0.39, 0.29) is 23.0 Å². The van der Waals surface area contributed by atoms with Crippen molar-refractivity contribution in [2.24, 2.45) is 5.41 Å². The summed E-state index contributed by atoms with van der Waals surface area (Å²) in [4.78, 5) is 36.1. The molecule has 7 heteroatoms. The summed E-state index contributed by atoms with van der Waals surface area (Å²) in [5.41, 5.74) is 1.67. The van der Waals surface area contributed by atoms with Gasteiger partial charge in [-0.3, -0.25) is 9.59 Å². The number of hydrogen-bond donors (Lipinski definition) is 2. The number of likely N-dealkylation sites (tertiary alicyclic amines) is 2. The van der Waals surface area contributed by atoms with Gasteiger partial charge in [-0.25, -0.2) is 4.98 Å². The van der Waals surface area contributed by atoms with Gasteiger partial charge in [-0.15, -0.1) is 0 Å². The predicted molar refractivity (Wildman–Crippen MR) is 104 cm³/mol. The number of carbonyl (C=O) groups is 2. The van der Waals surface area contributed by atoms with Gasteiger partial charge in [0.25, 0.3) is 5.91 Å². The van der Waals surface area contributed by atoms with Gasteiger partial charge in [0.05, 0.1) is 6.33 Å². The number of benzene rings is 1. The molecule has 2 fully saturated rings. The summed E-state index contributed by atoms with van der Waals surface area (Å²) < 4.78 is 0. The van der Waals surface area contributed by atoms with Crippen LogP contribution in [0.1, 0.15) is 41.7 Å². The molecule has 2 aliphatic rings. The van der Waals surface area contributed by atoms with Gasteiger partial charge >= 0.3 is 0 Å². The second-order valence-electron chi connectivity index (χ2n) is 7.98. The molecule has 0 radical (unpaired) electrons. The summed E-state index contributed by atoms with van der Waals surface area (Å²) in [5, 5.41) is 9.62. The first-order valence-corrected chi connectivity index (χ1v) is 9.88. The number of amides is 2. The van der Waals surface area contributed by atoms with E-state index >= 15 is 0 Å². The molecular weight excluding hydrogens is 356 g/mol. The summed E-state index contributed by atoms with van der Waals surface area (Å²) in [6.07, 6.45) is 7.55. The fraction of sp³-hybridized carbons (Fsp3) is 0.476. The molecule has 1 aromatic heterocycles. The third-order valence-electron chi connectivity index (χ3n) is 6.16. The molecule has 4 rings (SSSR count). The van der Waals surface area contributed by atoms with E-state index in [9.17, 15) is 14.7 Å². The highest BCUT2D eigenvalue weighted by molar-refractivity contribution is 5.94. The molecule has 2 N–H and O–H groups in total. The lowest BCUT2D eigenvalue weighted by Crippen LogP contribution is -2.52. The van der Waals surface area contributed by atoms with Gasteiger partial charge in [0, 0.05) is 56.5 Å². The number of H-pyrrole nitrogens is 1. The molecule has 2 aromatic rings. The lowest BCUT2D eigenvalue weighted by atomic mass is 9.72. The number of nitrogens with zero attached hydrogens (tertiary/aromatic N) is 3. The standard InChI is InChI=1S/C21H26N4O3/c26-18-3-1-2-16(12-18)20(28)24-10-7-21(8-11-24)6-4-19(27)25(14-21)9-5-17-13-22-15-23-17/h1-3,12-13,15,26H,4-11,14H2,(H,22,23). The van der Waals surface area contributed by atoms with Crippen LogP contribution in [0.3, 0.4) is 0 Å². The molecule has 0 aliphatic carbocycles. The highest BCUT2D eigenvalue weighted by Crippen LogP contribution is 2.40. The maximum atomic E-state index is 12.7. The van der Waals surface area contributed by atoms with Crippen LogP contribution in [0.2, 0.25) is 0 Å². The van der Waals surface area contributed by atoms with Crippen LogP contribution >= 0.6 is 0 Å². The molecular formula is C21H26N4O3. The zero-order valence-corrected chi connectivity index (χ0v) is 15.9. The fourth-order valence-electron chi connectivity index (χ4n) is 4.40. The molecule has 1 spiro atoms. The monoisotopic (exact) mass is 382 g/mol. The second-order valence-corrected chi connectivity index (χ2v) is 7.98. The van der Waals surface area contributed by atoms with Crippen molar-refractivity contribution < 1.29 is 14.7 Å². The number of aromatic amines is 1. The Hall–Kier alpha value is -2.83. The molecule has 3 heterocycles. The van der Waals surface area contributed by atoms with Gasteiger partial charge in [-0.2, -0.15) is 0 Å². The van der Waals surface area contributed by atoms with Crippen LogP contribution in [0.25, 0.3) is 0 Å². The Labute approximate surface area is 164 Å². The molecule has 2 amide bonds. The number of imidazole rings is 1. The second kappa shape index (κ2) is 7.66. The first-order valence-electron chi connectivity index (χ1n) is 9.88. The van der Waals surface area contributed by atoms with Gasteiger partial charge in [-0.05, 0) is 42.9 Å². The van der Waals surface area contributed by atoms with E-state index in [1.54, 1.807) is 30.7 Å². The molecule has 0 atom stereocenters. The number of aromatic nitrogens is 2. The van der Waals surface area contributed by atoms with Gasteiger partial charge in [-0.1, -0.05) is 6.07 Å². The maximum Gasteiger partial charge on any atom is 0.253 e. The average molecular weight is 382 g/mol. The summed E-state index contributed by atoms with van der Waals surface area (Å²) in [6, 6.07) is 6.52. The first-order chi connectivity index (χ1) is 13.5. The summed E-state index contributed by atoms with van der Waals surface area (Å²) in [7, 11) is 0. The fourth-order valence-corrected chi connectivity index (χ4v) is 4.40. The van der Waals surface area contributed by atoms with Crippen molar-refractivity contribution in [3.05, 3.63) is 48.0 Å². The van der Waals surface area contributed by atoms with Crippen molar-refractivity contribution in [1.82, 2.24) is 19.8 Å². The third kappa shape index (κ3) is 3.88. The number of carbonyl (C=O) groups excluding carboxylic acids is 2. The molecule has 0 bridgehead atoms. The van der Waals surface area contributed by atoms with Crippen LogP contribution in [0.15, 0.2) is 36.8 Å². The summed E-state index contributed by atoms with van der Waals surface area (Å²) in [6.45, 7) is 2.86. The minimum Gasteiger partial charge on any atom is -0.508 e. The minimum absolute atomic E-state index is 0.0336. The molecule has 2 saturated heterocycles. The Morgan fingerprint density at radius 3 is 2.79 bits per heavy atom. The lowest BCUT2D eigenvalue weighted by Gasteiger charge is -2.47. The highest BCUT2D eigenvalue weighted by atomic mass is 16.3. The topological polar surface area (TPSA) is 89.5 Å². The van der Waals surface area contributed by atoms with Crippen LogP contribution in [0.5, 0.6) is 5.75 Å². The van der Waals surface area contributed by atoms with Crippen LogP contribution < -0.4 is 0 Å². The Kier molecular flexibility index (Phi) is 5.07. The summed E-state index contributed by atoms with van der Waals surface area (Å²) >= 11 is 0. The van der Waals surface area contributed by atoms with Crippen molar-refractivity contribution in [2.45, 2.75) is 32.1 Å². The highest BCUT2D eigenvalue weighted by Gasteiger charge is 2.41. The van der Waals surface area contributed by atoms with E-state index < -0.39 is 0 Å². The van der Waals surface area contributed by atoms with Gasteiger partial charge in [0.15, 0.2) is 0 Å². The number of piperidine rings is 2. The van der Waals surface area contributed by atoms with E-state index in [1.165, 1.54) is 6.07 Å². The first kappa shape index (κ1) is 18.5. The van der Waals surface area contributed by atoms with Crippen molar-refractivity contribution in [3.63, 3.8) is 0 Å². The van der Waals surface area contributed by atoms with Crippen molar-refractivity contribution in [2.75, 3.05) is 26.2 Å². The molecule has 2 aliphatic heterocycles. The Morgan fingerprint density at radius 1 is 1.25 bits per heavy atom. The van der Waals surface area contributed by atoms with Crippen LogP contribution in [0.4, 0.5) is 0 Å². The van der Waals surface area contributed by atoms with Crippen molar-refractivity contribution in [1.29, 1.82) is 0 Å². The van der Waals surface area contributed by atoms with Gasteiger partial charge in [0.2, 0.25) is 5.91 Å². The number of phenolic OH excluding ortho intramolecular Hbond substituents is 1. The Bertz CT molecular complexity index is 841. The number of nitrogens with one attached hydrogen (secondary N) is 1. The molecule has 1 aromatic carbocycles. The Morgan fingerprint density at radius 2 is 2.07 bits per heavy atom. The quantitative estimate of drug-likeness (QED) is 0.848. The predicted octanol–water partition coefficient (Wildman–Crippen LogP) is 2.20. The van der Waals surface area contributed by atoms with E-state index in [4.69, 9.17) is 0 Å². The smallest absolute Gasteiger partial charge is 0.253 e. The van der Waals surface area contributed by atoms with E-state index in [0.29, 0.717) is 31.6 Å². The van der Waals surface area contributed by atoms with Crippen molar-refractivity contribution in [3.8, 4) is 5.75 Å². The van der Waals surface area contributed by atoms with Crippen LogP contribution in [-0.4, -0.2) is 62.9 Å². The molecule has 0 saturated carbocycles. The number of aromatic hydroxyl groups is 1. The van der Waals surface area contributed by atoms with Crippen LogP contribution in [0, 0.1) is 5.41 Å². The van der Waals surface area contributed by atoms with Crippen molar-refractivity contribution >= 4 is 11.8 Å². The largest absolute Gasteiger partial charge is 0.508 e. The summed E-state index contributed by atoms with van der Waals surface area (Å²) in [5.74, 6) is 0.301. The maximum absolute atomic E-state index is 12.7. The van der Waals surface area contributed by atoms with E-state index in [0.717, 1.165) is 37.9 Å². The number of hydrogen-bond acceptors (Lipinski definition) is 4. The molecule has 148 valence electrons.